The van der Waals surface area contributed by atoms with Gasteiger partial charge in [-0.1, -0.05) is 32.3 Å². The predicted octanol–water partition coefficient (Wildman–Crippen LogP) is 4.47. The van der Waals surface area contributed by atoms with Gasteiger partial charge in [0.1, 0.15) is 5.75 Å². The molecule has 0 saturated heterocycles. The van der Waals surface area contributed by atoms with Crippen molar-refractivity contribution < 1.29 is 5.11 Å². The van der Waals surface area contributed by atoms with Gasteiger partial charge in [-0.2, -0.15) is 0 Å². The molecule has 18 heavy (non-hydrogen) atoms. The zero-order valence-corrected chi connectivity index (χ0v) is 11.6. The molecule has 0 spiro atoms. The molecule has 0 radical (unpaired) electrons. The maximum Gasteiger partial charge on any atom is 0.120 e. The van der Waals surface area contributed by atoms with E-state index in [4.69, 9.17) is 0 Å². The Morgan fingerprint density at radius 1 is 1.22 bits per heavy atom. The van der Waals surface area contributed by atoms with Crippen LogP contribution in [0.25, 0.3) is 0 Å². The molecule has 2 heteroatoms. The average Bonchev–Trinajstić information content (AvgIpc) is 2.59. The molecule has 2 rings (SSSR count). The highest BCUT2D eigenvalue weighted by Crippen LogP contribution is 2.28. The van der Waals surface area contributed by atoms with E-state index in [0.717, 1.165) is 17.2 Å². The summed E-state index contributed by atoms with van der Waals surface area (Å²) in [4.78, 5) is 0. The number of phenolic OH excluding ortho intramolecular Hbond substituents is 1. The lowest BCUT2D eigenvalue weighted by molar-refractivity contribution is 0.444. The van der Waals surface area contributed by atoms with Crippen LogP contribution in [0.4, 0.5) is 5.69 Å². The molecule has 2 nitrogen and oxygen atoms in total. The van der Waals surface area contributed by atoms with Gasteiger partial charge in [-0.15, -0.1) is 0 Å². The molecule has 0 aromatic heterocycles. The van der Waals surface area contributed by atoms with Crippen LogP contribution in [0.5, 0.6) is 5.75 Å². The largest absolute Gasteiger partial charge is 0.508 e. The number of nitrogens with one attached hydrogen (secondary N) is 1. The minimum absolute atomic E-state index is 0.389. The van der Waals surface area contributed by atoms with Crippen molar-refractivity contribution >= 4 is 5.69 Å². The van der Waals surface area contributed by atoms with Crippen molar-refractivity contribution in [1.82, 2.24) is 0 Å². The second-order valence-corrected chi connectivity index (χ2v) is 5.63. The van der Waals surface area contributed by atoms with Crippen LogP contribution in [0.15, 0.2) is 18.2 Å². The highest BCUT2D eigenvalue weighted by atomic mass is 16.3. The predicted molar refractivity (Wildman–Crippen MR) is 77.1 cm³/mol. The summed E-state index contributed by atoms with van der Waals surface area (Å²) < 4.78 is 0. The van der Waals surface area contributed by atoms with Gasteiger partial charge in [0, 0.05) is 17.8 Å². The molecule has 0 amide bonds. The first-order valence-electron chi connectivity index (χ1n) is 7.25. The Bertz CT molecular complexity index is 389. The monoisotopic (exact) mass is 247 g/mol. The molecule has 1 fully saturated rings. The van der Waals surface area contributed by atoms with Gasteiger partial charge >= 0.3 is 0 Å². The molecule has 1 aliphatic carbocycles. The maximum absolute atomic E-state index is 9.73. The Morgan fingerprint density at radius 3 is 2.78 bits per heavy atom. The summed E-state index contributed by atoms with van der Waals surface area (Å²) in [5.74, 6) is 1.31. The van der Waals surface area contributed by atoms with Gasteiger partial charge in [0.25, 0.3) is 0 Å². The first-order chi connectivity index (χ1) is 8.69. The summed E-state index contributed by atoms with van der Waals surface area (Å²) >= 11 is 0. The van der Waals surface area contributed by atoms with Crippen LogP contribution in [0.1, 0.15) is 51.0 Å². The summed E-state index contributed by atoms with van der Waals surface area (Å²) in [5, 5.41) is 13.3. The van der Waals surface area contributed by atoms with Crippen LogP contribution in [0.2, 0.25) is 0 Å². The lowest BCUT2D eigenvalue weighted by Gasteiger charge is -2.18. The van der Waals surface area contributed by atoms with E-state index in [1.165, 1.54) is 38.5 Å². The van der Waals surface area contributed by atoms with Gasteiger partial charge < -0.3 is 10.4 Å². The molecule has 1 aromatic rings. The van der Waals surface area contributed by atoms with Crippen molar-refractivity contribution in [3.05, 3.63) is 23.8 Å². The van der Waals surface area contributed by atoms with E-state index in [1.807, 2.05) is 19.1 Å². The van der Waals surface area contributed by atoms with E-state index in [0.29, 0.717) is 11.8 Å². The number of aromatic hydroxyl groups is 1. The van der Waals surface area contributed by atoms with E-state index in [2.05, 4.69) is 18.3 Å². The third-order valence-corrected chi connectivity index (χ3v) is 4.25. The molecule has 0 heterocycles. The Hall–Kier alpha value is -1.18. The minimum atomic E-state index is 0.389. The summed E-state index contributed by atoms with van der Waals surface area (Å²) in [7, 11) is 0. The zero-order chi connectivity index (χ0) is 13.0. The normalized spacial score (nSPS) is 24.6. The summed E-state index contributed by atoms with van der Waals surface area (Å²) in [6, 6.07) is 6.46. The molecule has 100 valence electrons. The lowest BCUT2D eigenvalue weighted by Crippen LogP contribution is -2.18. The smallest absolute Gasteiger partial charge is 0.120 e. The average molecular weight is 247 g/mol. The Labute approximate surface area is 110 Å². The van der Waals surface area contributed by atoms with Crippen LogP contribution < -0.4 is 5.32 Å². The van der Waals surface area contributed by atoms with Crippen LogP contribution in [-0.2, 0) is 0 Å². The molecule has 1 aromatic carbocycles. The number of hydrogen-bond acceptors (Lipinski definition) is 2. The second-order valence-electron chi connectivity index (χ2n) is 5.63. The van der Waals surface area contributed by atoms with Crippen molar-refractivity contribution in [3.8, 4) is 5.75 Å². The standard InChI is InChI=1S/C16H25NO/c1-3-13-5-4-6-14(10-8-13)17-15-9-7-12(2)16(18)11-15/h7,9,11,13-14,17-18H,3-6,8,10H2,1-2H3. The van der Waals surface area contributed by atoms with Gasteiger partial charge in [-0.3, -0.25) is 0 Å². The first-order valence-corrected chi connectivity index (χ1v) is 7.25. The summed E-state index contributed by atoms with van der Waals surface area (Å²) in [6.07, 6.45) is 7.88. The lowest BCUT2D eigenvalue weighted by atomic mass is 9.98. The molecule has 2 atom stereocenters. The summed E-state index contributed by atoms with van der Waals surface area (Å²) in [5.41, 5.74) is 1.99. The van der Waals surface area contributed by atoms with E-state index >= 15 is 0 Å². The van der Waals surface area contributed by atoms with Gasteiger partial charge in [0.2, 0.25) is 0 Å². The van der Waals surface area contributed by atoms with E-state index in [1.54, 1.807) is 0 Å². The molecule has 1 saturated carbocycles. The number of hydrogen-bond donors (Lipinski definition) is 2. The third kappa shape index (κ3) is 3.41. The van der Waals surface area contributed by atoms with Crippen LogP contribution in [-0.4, -0.2) is 11.1 Å². The highest BCUT2D eigenvalue weighted by molar-refractivity contribution is 5.51. The van der Waals surface area contributed by atoms with Crippen molar-refractivity contribution in [2.24, 2.45) is 5.92 Å². The Morgan fingerprint density at radius 2 is 2.06 bits per heavy atom. The fourth-order valence-electron chi connectivity index (χ4n) is 2.87. The van der Waals surface area contributed by atoms with Crippen LogP contribution in [0, 0.1) is 12.8 Å². The van der Waals surface area contributed by atoms with Crippen molar-refractivity contribution in [1.29, 1.82) is 0 Å². The fraction of sp³-hybridized carbons (Fsp3) is 0.625. The van der Waals surface area contributed by atoms with Gasteiger partial charge in [-0.05, 0) is 43.7 Å². The first kappa shape index (κ1) is 13.3. The summed E-state index contributed by atoms with van der Waals surface area (Å²) in [6.45, 7) is 4.23. The fourth-order valence-corrected chi connectivity index (χ4v) is 2.87. The molecule has 0 aliphatic heterocycles. The van der Waals surface area contributed by atoms with Crippen LogP contribution in [0.3, 0.4) is 0 Å². The van der Waals surface area contributed by atoms with Crippen molar-refractivity contribution in [2.45, 2.75) is 58.4 Å². The highest BCUT2D eigenvalue weighted by Gasteiger charge is 2.17. The number of benzene rings is 1. The Balaban J connectivity index is 1.94. The molecule has 0 bridgehead atoms. The quantitative estimate of drug-likeness (QED) is 0.772. The zero-order valence-electron chi connectivity index (χ0n) is 11.6. The van der Waals surface area contributed by atoms with Crippen molar-refractivity contribution in [3.63, 3.8) is 0 Å². The van der Waals surface area contributed by atoms with Gasteiger partial charge in [0.05, 0.1) is 0 Å². The Kier molecular flexibility index (Phi) is 4.51. The number of rotatable bonds is 3. The van der Waals surface area contributed by atoms with E-state index in [9.17, 15) is 5.11 Å². The number of phenols is 1. The number of aryl methyl sites for hydroxylation is 1. The molecule has 1 aliphatic rings. The minimum Gasteiger partial charge on any atom is -0.508 e. The molecule has 2 N–H and O–H groups in total. The molecular weight excluding hydrogens is 222 g/mol. The second kappa shape index (κ2) is 6.12. The third-order valence-electron chi connectivity index (χ3n) is 4.25. The molecular formula is C16H25NO. The van der Waals surface area contributed by atoms with E-state index < -0.39 is 0 Å². The number of anilines is 1. The van der Waals surface area contributed by atoms with Gasteiger partial charge in [0.15, 0.2) is 0 Å². The topological polar surface area (TPSA) is 32.3 Å². The maximum atomic E-state index is 9.73. The van der Waals surface area contributed by atoms with Gasteiger partial charge in [-0.25, -0.2) is 0 Å². The van der Waals surface area contributed by atoms with Crippen LogP contribution >= 0.6 is 0 Å². The SMILES string of the molecule is CCC1CCCC(Nc2ccc(C)c(O)c2)CC1. The van der Waals surface area contributed by atoms with Crippen molar-refractivity contribution in [2.75, 3.05) is 5.32 Å². The molecule has 2 unspecified atom stereocenters. The van der Waals surface area contributed by atoms with E-state index in [-0.39, 0.29) is 0 Å².